The minimum Gasteiger partial charge on any atom is -0.390 e. The molecule has 2 amide bonds. The average molecular weight is 581 g/mol. The Labute approximate surface area is 242 Å². The highest BCUT2D eigenvalue weighted by atomic mass is 32.2. The largest absolute Gasteiger partial charge is 0.390 e. The van der Waals surface area contributed by atoms with Crippen LogP contribution in [0.1, 0.15) is 39.0 Å². The van der Waals surface area contributed by atoms with Gasteiger partial charge in [0.2, 0.25) is 10.0 Å². The van der Waals surface area contributed by atoms with Crippen LogP contribution in [0.4, 0.5) is 27.7 Å². The highest BCUT2D eigenvalue weighted by Crippen LogP contribution is 2.55. The van der Waals surface area contributed by atoms with Crippen LogP contribution in [0.25, 0.3) is 0 Å². The highest BCUT2D eigenvalue weighted by molar-refractivity contribution is 7.89. The molecule has 4 aliphatic carbocycles. The third kappa shape index (κ3) is 4.85. The van der Waals surface area contributed by atoms with E-state index in [0.29, 0.717) is 57.0 Å². The minimum atomic E-state index is -3.16. The van der Waals surface area contributed by atoms with E-state index in [1.165, 1.54) is 0 Å². The smallest absolute Gasteiger partial charge is 0.322 e. The van der Waals surface area contributed by atoms with Crippen LogP contribution in [0.3, 0.4) is 0 Å². The summed E-state index contributed by atoms with van der Waals surface area (Å²) in [4.78, 5) is 24.7. The van der Waals surface area contributed by atoms with E-state index in [-0.39, 0.29) is 17.8 Å². The summed E-state index contributed by atoms with van der Waals surface area (Å²) in [6.45, 7) is 5.11. The molecule has 41 heavy (non-hydrogen) atoms. The number of aliphatic hydroxyl groups is 1. The number of para-hydroxylation sites is 2. The summed E-state index contributed by atoms with van der Waals surface area (Å²) in [5.41, 5.74) is 2.29. The third-order valence-electron chi connectivity index (χ3n) is 10.2. The Hall–Kier alpha value is -2.89. The van der Waals surface area contributed by atoms with Gasteiger partial charge < -0.3 is 20.2 Å². The number of hydrogen-bond donors (Lipinski definition) is 2. The second kappa shape index (κ2) is 10.1. The van der Waals surface area contributed by atoms with Crippen LogP contribution in [0, 0.1) is 17.8 Å². The summed E-state index contributed by atoms with van der Waals surface area (Å²) in [6.07, 6.45) is 6.65. The van der Waals surface area contributed by atoms with Crippen LogP contribution in [0.2, 0.25) is 0 Å². The number of amides is 2. The van der Waals surface area contributed by atoms with E-state index in [1.807, 2.05) is 47.5 Å². The fraction of sp³-hybridized carbons (Fsp3) is 0.600. The molecule has 8 rings (SSSR count). The standard InChI is InChI=1S/C30H40N6O4S/c1-2-41(39,40)34-11-9-33(10-12-34)24-7-8-27(31-20-24)35-13-14-36(26-6-4-3-5-25(26)35)29(37)32-28-22-15-21-16-23(28)19-30(38,17-21)18-22/h3-8,20-23,28,38H,2,9-19H2,1H3,(H,32,37)/t21?,22-,23+,28?,30?. The molecule has 10 nitrogen and oxygen atoms in total. The number of rotatable bonds is 5. The lowest BCUT2D eigenvalue weighted by molar-refractivity contribution is -0.136. The maximum Gasteiger partial charge on any atom is 0.322 e. The number of carbonyl (C=O) groups is 1. The second-order valence-corrected chi connectivity index (χ2v) is 14.9. The third-order valence-corrected chi connectivity index (χ3v) is 12.0. The number of benzene rings is 1. The lowest BCUT2D eigenvalue weighted by Gasteiger charge is -2.58. The van der Waals surface area contributed by atoms with Crippen molar-refractivity contribution in [3.05, 3.63) is 42.6 Å². The van der Waals surface area contributed by atoms with Crippen LogP contribution < -0.4 is 20.0 Å². The maximum absolute atomic E-state index is 13.7. The summed E-state index contributed by atoms with van der Waals surface area (Å²) < 4.78 is 26.0. The zero-order valence-corrected chi connectivity index (χ0v) is 24.5. The Morgan fingerprint density at radius 1 is 0.976 bits per heavy atom. The Morgan fingerprint density at radius 2 is 1.68 bits per heavy atom. The van der Waals surface area contributed by atoms with E-state index in [4.69, 9.17) is 4.98 Å². The van der Waals surface area contributed by atoms with Gasteiger partial charge in [0.15, 0.2) is 0 Å². The lowest BCUT2D eigenvalue weighted by atomic mass is 9.52. The molecule has 2 N–H and O–H groups in total. The number of nitrogens with zero attached hydrogens (tertiary/aromatic N) is 5. The molecule has 1 aromatic carbocycles. The van der Waals surface area contributed by atoms with Crippen LogP contribution in [-0.4, -0.2) is 85.5 Å². The predicted octanol–water partition coefficient (Wildman–Crippen LogP) is 3.16. The normalized spacial score (nSPS) is 31.3. The van der Waals surface area contributed by atoms with Crippen molar-refractivity contribution in [3.63, 3.8) is 0 Å². The Morgan fingerprint density at radius 3 is 2.32 bits per heavy atom. The fourth-order valence-electron chi connectivity index (χ4n) is 8.38. The molecule has 11 heteroatoms. The first-order valence-electron chi connectivity index (χ1n) is 15.1. The average Bonchev–Trinajstić information content (AvgIpc) is 2.97. The number of piperazine rings is 1. The topological polar surface area (TPSA) is 109 Å². The van der Waals surface area contributed by atoms with E-state index in [0.717, 1.165) is 55.0 Å². The molecule has 0 radical (unpaired) electrons. The van der Waals surface area contributed by atoms with Crippen molar-refractivity contribution >= 4 is 38.9 Å². The predicted molar refractivity (Wildman–Crippen MR) is 159 cm³/mol. The monoisotopic (exact) mass is 580 g/mol. The van der Waals surface area contributed by atoms with Gasteiger partial charge >= 0.3 is 6.03 Å². The summed E-state index contributed by atoms with van der Waals surface area (Å²) >= 11 is 0. The maximum atomic E-state index is 13.7. The molecule has 220 valence electrons. The summed E-state index contributed by atoms with van der Waals surface area (Å²) in [5.74, 6) is 2.30. The molecular weight excluding hydrogens is 540 g/mol. The molecule has 2 aromatic rings. The van der Waals surface area contributed by atoms with Crippen molar-refractivity contribution in [2.24, 2.45) is 17.8 Å². The van der Waals surface area contributed by atoms with Gasteiger partial charge in [-0.15, -0.1) is 0 Å². The van der Waals surface area contributed by atoms with Crippen LogP contribution >= 0.6 is 0 Å². The Balaban J connectivity index is 1.04. The van der Waals surface area contributed by atoms with Crippen molar-refractivity contribution in [3.8, 4) is 0 Å². The first kappa shape index (κ1) is 27.0. The number of aromatic nitrogens is 1. The minimum absolute atomic E-state index is 0.0471. The zero-order valence-electron chi connectivity index (χ0n) is 23.7. The lowest BCUT2D eigenvalue weighted by Crippen LogP contribution is -2.63. The molecular formula is C30H40N6O4S. The van der Waals surface area contributed by atoms with Gasteiger partial charge in [0, 0.05) is 45.3 Å². The SMILES string of the molecule is CCS(=O)(=O)N1CCN(c2ccc(N3CCN(C(=O)NC4[C@@H]5CC6C[C@H]4CC(O)(C6)C5)c4ccccc43)nc2)CC1. The van der Waals surface area contributed by atoms with Crippen LogP contribution in [0.5, 0.6) is 0 Å². The summed E-state index contributed by atoms with van der Waals surface area (Å²) in [6, 6.07) is 12.1. The van der Waals surface area contributed by atoms with Crippen molar-refractivity contribution < 1.29 is 18.3 Å². The molecule has 3 heterocycles. The van der Waals surface area contributed by atoms with E-state index >= 15 is 0 Å². The quantitative estimate of drug-likeness (QED) is 0.559. The molecule has 5 atom stereocenters. The van der Waals surface area contributed by atoms with Gasteiger partial charge in [-0.05, 0) is 81.0 Å². The van der Waals surface area contributed by atoms with Crippen molar-refractivity contribution in [2.75, 3.05) is 59.7 Å². The molecule has 6 aliphatic rings. The van der Waals surface area contributed by atoms with E-state index in [1.54, 1.807) is 11.2 Å². The van der Waals surface area contributed by atoms with Gasteiger partial charge in [-0.25, -0.2) is 18.2 Å². The number of sulfonamides is 1. The van der Waals surface area contributed by atoms with Gasteiger partial charge in [0.1, 0.15) is 5.82 Å². The van der Waals surface area contributed by atoms with E-state index in [2.05, 4.69) is 15.1 Å². The second-order valence-electron chi connectivity index (χ2n) is 12.6. The molecule has 1 saturated heterocycles. The van der Waals surface area contributed by atoms with Crippen molar-refractivity contribution in [2.45, 2.75) is 50.7 Å². The van der Waals surface area contributed by atoms with Crippen molar-refractivity contribution in [1.82, 2.24) is 14.6 Å². The van der Waals surface area contributed by atoms with Gasteiger partial charge in [0.05, 0.1) is 34.6 Å². The first-order valence-corrected chi connectivity index (χ1v) is 16.7. The van der Waals surface area contributed by atoms with Gasteiger partial charge in [-0.3, -0.25) is 4.90 Å². The zero-order chi connectivity index (χ0) is 28.4. The molecule has 1 aromatic heterocycles. The number of urea groups is 1. The fourth-order valence-corrected chi connectivity index (χ4v) is 9.46. The van der Waals surface area contributed by atoms with Gasteiger partial charge in [0.25, 0.3) is 0 Å². The van der Waals surface area contributed by atoms with Crippen LogP contribution in [0.15, 0.2) is 42.6 Å². The van der Waals surface area contributed by atoms with Gasteiger partial charge in [-0.2, -0.15) is 4.31 Å². The molecule has 5 fully saturated rings. The van der Waals surface area contributed by atoms with E-state index in [9.17, 15) is 18.3 Å². The van der Waals surface area contributed by atoms with Gasteiger partial charge in [-0.1, -0.05) is 12.1 Å². The summed E-state index contributed by atoms with van der Waals surface area (Å²) in [5, 5.41) is 14.3. The number of fused-ring (bicyclic) bond motifs is 1. The number of nitrogens with one attached hydrogen (secondary N) is 1. The van der Waals surface area contributed by atoms with E-state index < -0.39 is 15.6 Å². The summed E-state index contributed by atoms with van der Waals surface area (Å²) in [7, 11) is -3.16. The highest BCUT2D eigenvalue weighted by Gasteiger charge is 2.55. The molecule has 4 bridgehead atoms. The Kier molecular flexibility index (Phi) is 6.67. The molecule has 4 saturated carbocycles. The first-order chi connectivity index (χ1) is 19.7. The molecule has 0 spiro atoms. The number of hydrogen-bond acceptors (Lipinski definition) is 7. The van der Waals surface area contributed by atoms with Crippen LogP contribution in [-0.2, 0) is 10.0 Å². The number of anilines is 4. The Bertz CT molecular complexity index is 1390. The number of carbonyl (C=O) groups excluding carboxylic acids is 1. The molecule has 2 aliphatic heterocycles. The molecule has 3 unspecified atom stereocenters. The number of pyridine rings is 1. The van der Waals surface area contributed by atoms with Crippen molar-refractivity contribution in [1.29, 1.82) is 0 Å².